The number of thioether (sulfide) groups is 1. The van der Waals surface area contributed by atoms with Crippen LogP contribution in [0.15, 0.2) is 0 Å². The first kappa shape index (κ1) is 8.41. The lowest BCUT2D eigenvalue weighted by molar-refractivity contribution is 0.486. The summed E-state index contributed by atoms with van der Waals surface area (Å²) in [5, 5.41) is 3.53. The summed E-state index contributed by atoms with van der Waals surface area (Å²) in [5.74, 6) is 1.29. The van der Waals surface area contributed by atoms with Crippen LogP contribution < -0.4 is 5.32 Å². The van der Waals surface area contributed by atoms with Crippen LogP contribution in [0.4, 0.5) is 0 Å². The van der Waals surface area contributed by atoms with Gasteiger partial charge in [0.05, 0.1) is 4.87 Å². The van der Waals surface area contributed by atoms with Gasteiger partial charge in [0.25, 0.3) is 0 Å². The van der Waals surface area contributed by atoms with Crippen LogP contribution >= 0.6 is 11.8 Å². The van der Waals surface area contributed by atoms with Crippen LogP contribution in [0.1, 0.15) is 33.1 Å². The predicted octanol–water partition coefficient (Wildman–Crippen LogP) is 2.23. The second kappa shape index (κ2) is 3.63. The van der Waals surface area contributed by atoms with Crippen molar-refractivity contribution in [2.75, 3.05) is 12.3 Å². The fourth-order valence-corrected chi connectivity index (χ4v) is 2.46. The van der Waals surface area contributed by atoms with E-state index < -0.39 is 0 Å². The number of rotatable bonds is 3. The van der Waals surface area contributed by atoms with E-state index in [1.165, 1.54) is 31.6 Å². The Kier molecular flexibility index (Phi) is 3.05. The molecule has 1 saturated heterocycles. The van der Waals surface area contributed by atoms with Crippen LogP contribution in [0.5, 0.6) is 0 Å². The molecule has 1 nitrogen and oxygen atoms in total. The number of hydrogen-bond donors (Lipinski definition) is 1. The van der Waals surface area contributed by atoms with E-state index >= 15 is 0 Å². The monoisotopic (exact) mass is 159 g/mol. The van der Waals surface area contributed by atoms with Crippen molar-refractivity contribution in [3.63, 3.8) is 0 Å². The molecule has 0 amide bonds. The normalized spacial score (nSPS) is 33.0. The minimum Gasteiger partial charge on any atom is -0.302 e. The molecule has 1 unspecified atom stereocenters. The van der Waals surface area contributed by atoms with Crippen LogP contribution in [0.2, 0.25) is 0 Å². The fraction of sp³-hybridized carbons (Fsp3) is 1.00. The molecule has 1 fully saturated rings. The summed E-state index contributed by atoms with van der Waals surface area (Å²) >= 11 is 2.07. The second-order valence-corrected chi connectivity index (χ2v) is 4.71. The van der Waals surface area contributed by atoms with Crippen LogP contribution in [0, 0.1) is 0 Å². The Morgan fingerprint density at radius 3 is 2.90 bits per heavy atom. The molecule has 1 atom stereocenters. The maximum atomic E-state index is 3.53. The summed E-state index contributed by atoms with van der Waals surface area (Å²) in [4.78, 5) is 0.413. The molecule has 1 N–H and O–H groups in total. The minimum atomic E-state index is 0.413. The number of hydrogen-bond acceptors (Lipinski definition) is 2. The van der Waals surface area contributed by atoms with E-state index in [2.05, 4.69) is 30.9 Å². The van der Waals surface area contributed by atoms with Crippen molar-refractivity contribution in [2.45, 2.75) is 38.0 Å². The summed E-state index contributed by atoms with van der Waals surface area (Å²) in [6, 6.07) is 0. The maximum Gasteiger partial charge on any atom is 0.0617 e. The molecule has 0 aromatic heterocycles. The lowest BCUT2D eigenvalue weighted by atomic mass is 10.1. The Hall–Kier alpha value is 0.310. The standard InChI is InChI=1S/C8H17NS/c1-3-4-5-8(2)9-6-7-10-8/h9H,3-7H2,1-2H3. The molecule has 1 rings (SSSR count). The first-order chi connectivity index (χ1) is 4.77. The minimum absolute atomic E-state index is 0.413. The SMILES string of the molecule is CCCCC1(C)NCCS1. The fourth-order valence-electron chi connectivity index (χ4n) is 1.32. The van der Waals surface area contributed by atoms with Crippen LogP contribution in [-0.2, 0) is 0 Å². The molecule has 0 aromatic carbocycles. The van der Waals surface area contributed by atoms with E-state index in [1.54, 1.807) is 0 Å². The largest absolute Gasteiger partial charge is 0.302 e. The Morgan fingerprint density at radius 1 is 1.60 bits per heavy atom. The van der Waals surface area contributed by atoms with Gasteiger partial charge in [-0.15, -0.1) is 11.8 Å². The van der Waals surface area contributed by atoms with Crippen molar-refractivity contribution < 1.29 is 0 Å². The van der Waals surface area contributed by atoms with E-state index in [0.29, 0.717) is 4.87 Å². The Balaban J connectivity index is 2.22. The topological polar surface area (TPSA) is 12.0 Å². The molecule has 60 valence electrons. The quantitative estimate of drug-likeness (QED) is 0.677. The molecule has 1 aliphatic rings. The summed E-state index contributed by atoms with van der Waals surface area (Å²) in [7, 11) is 0. The van der Waals surface area contributed by atoms with Gasteiger partial charge >= 0.3 is 0 Å². The van der Waals surface area contributed by atoms with Crippen LogP contribution in [-0.4, -0.2) is 17.2 Å². The van der Waals surface area contributed by atoms with Crippen molar-refractivity contribution in [3.8, 4) is 0 Å². The summed E-state index contributed by atoms with van der Waals surface area (Å²) < 4.78 is 0. The Labute approximate surface area is 68.0 Å². The van der Waals surface area contributed by atoms with Gasteiger partial charge < -0.3 is 5.32 Å². The molecule has 1 heterocycles. The van der Waals surface area contributed by atoms with E-state index in [4.69, 9.17) is 0 Å². The zero-order chi connectivity index (χ0) is 7.45. The number of unbranched alkanes of at least 4 members (excludes halogenated alkanes) is 1. The Bertz CT molecular complexity index is 97.4. The molecule has 2 heteroatoms. The number of nitrogens with one attached hydrogen (secondary N) is 1. The first-order valence-electron chi connectivity index (χ1n) is 4.16. The molecular weight excluding hydrogens is 142 g/mol. The van der Waals surface area contributed by atoms with Gasteiger partial charge in [0.1, 0.15) is 0 Å². The van der Waals surface area contributed by atoms with Gasteiger partial charge in [0, 0.05) is 12.3 Å². The predicted molar refractivity (Wildman–Crippen MR) is 48.4 cm³/mol. The lowest BCUT2D eigenvalue weighted by Gasteiger charge is -2.22. The van der Waals surface area contributed by atoms with Crippen molar-refractivity contribution in [1.29, 1.82) is 0 Å². The van der Waals surface area contributed by atoms with Gasteiger partial charge in [-0.2, -0.15) is 0 Å². The molecule has 0 radical (unpaired) electrons. The van der Waals surface area contributed by atoms with E-state index in [1.807, 2.05) is 0 Å². The lowest BCUT2D eigenvalue weighted by Crippen LogP contribution is -2.33. The summed E-state index contributed by atoms with van der Waals surface area (Å²) in [6.45, 7) is 5.77. The molecule has 0 spiro atoms. The van der Waals surface area contributed by atoms with E-state index in [-0.39, 0.29) is 0 Å². The molecule has 10 heavy (non-hydrogen) atoms. The van der Waals surface area contributed by atoms with Crippen LogP contribution in [0.25, 0.3) is 0 Å². The van der Waals surface area contributed by atoms with Gasteiger partial charge in [-0.25, -0.2) is 0 Å². The third-order valence-electron chi connectivity index (χ3n) is 2.03. The molecule has 0 aliphatic carbocycles. The average Bonchev–Trinajstić information content (AvgIpc) is 2.33. The van der Waals surface area contributed by atoms with Crippen molar-refractivity contribution >= 4 is 11.8 Å². The highest BCUT2D eigenvalue weighted by molar-refractivity contribution is 8.00. The smallest absolute Gasteiger partial charge is 0.0617 e. The van der Waals surface area contributed by atoms with Crippen LogP contribution in [0.3, 0.4) is 0 Å². The van der Waals surface area contributed by atoms with Gasteiger partial charge in [0.2, 0.25) is 0 Å². The zero-order valence-electron chi connectivity index (χ0n) is 6.94. The van der Waals surface area contributed by atoms with Gasteiger partial charge in [-0.1, -0.05) is 19.8 Å². The highest BCUT2D eigenvalue weighted by Gasteiger charge is 2.27. The molecule has 1 aliphatic heterocycles. The highest BCUT2D eigenvalue weighted by atomic mass is 32.2. The van der Waals surface area contributed by atoms with E-state index in [0.717, 1.165) is 0 Å². The third-order valence-corrected chi connectivity index (χ3v) is 3.42. The first-order valence-corrected chi connectivity index (χ1v) is 5.14. The van der Waals surface area contributed by atoms with Crippen molar-refractivity contribution in [1.82, 2.24) is 5.32 Å². The van der Waals surface area contributed by atoms with Gasteiger partial charge in [-0.3, -0.25) is 0 Å². The zero-order valence-corrected chi connectivity index (χ0v) is 7.76. The van der Waals surface area contributed by atoms with E-state index in [9.17, 15) is 0 Å². The maximum absolute atomic E-state index is 3.53. The highest BCUT2D eigenvalue weighted by Crippen LogP contribution is 2.31. The van der Waals surface area contributed by atoms with Gasteiger partial charge in [0.15, 0.2) is 0 Å². The van der Waals surface area contributed by atoms with Crippen molar-refractivity contribution in [2.24, 2.45) is 0 Å². The van der Waals surface area contributed by atoms with Gasteiger partial charge in [-0.05, 0) is 13.3 Å². The second-order valence-electron chi connectivity index (χ2n) is 3.11. The summed E-state index contributed by atoms with van der Waals surface area (Å²) in [6.07, 6.45) is 4.00. The van der Waals surface area contributed by atoms with Crippen molar-refractivity contribution in [3.05, 3.63) is 0 Å². The molecular formula is C8H17NS. The summed E-state index contributed by atoms with van der Waals surface area (Å²) in [5.41, 5.74) is 0. The third kappa shape index (κ3) is 2.17. The average molecular weight is 159 g/mol. The molecule has 0 aromatic rings. The molecule has 0 saturated carbocycles. The Morgan fingerprint density at radius 2 is 2.40 bits per heavy atom. The molecule has 0 bridgehead atoms.